The molecule has 0 atom stereocenters. The smallest absolute Gasteiger partial charge is 0.306 e. The van der Waals surface area contributed by atoms with Gasteiger partial charge in [-0.05, 0) is 37.1 Å². The molecule has 0 spiro atoms. The maximum absolute atomic E-state index is 12.1. The second kappa shape index (κ2) is 9.42. The zero-order valence-corrected chi connectivity index (χ0v) is 16.0. The number of hydrogen-bond acceptors (Lipinski definition) is 6. The summed E-state index contributed by atoms with van der Waals surface area (Å²) in [7, 11) is 0. The molecule has 0 bridgehead atoms. The first-order valence-corrected chi connectivity index (χ1v) is 9.26. The number of imidazole rings is 1. The van der Waals surface area contributed by atoms with Crippen LogP contribution in [-0.4, -0.2) is 34.3 Å². The van der Waals surface area contributed by atoms with E-state index < -0.39 is 12.6 Å². The summed E-state index contributed by atoms with van der Waals surface area (Å²) in [5.74, 6) is 0.134. The van der Waals surface area contributed by atoms with Crippen molar-refractivity contribution in [3.63, 3.8) is 0 Å². The summed E-state index contributed by atoms with van der Waals surface area (Å²) in [4.78, 5) is 19.3. The van der Waals surface area contributed by atoms with Crippen LogP contribution >= 0.6 is 0 Å². The van der Waals surface area contributed by atoms with Crippen molar-refractivity contribution < 1.29 is 19.4 Å². The summed E-state index contributed by atoms with van der Waals surface area (Å²) in [6, 6.07) is 16.7. The van der Waals surface area contributed by atoms with Gasteiger partial charge >= 0.3 is 5.97 Å². The van der Waals surface area contributed by atoms with Crippen molar-refractivity contribution in [1.29, 1.82) is 5.26 Å². The van der Waals surface area contributed by atoms with E-state index in [4.69, 9.17) is 9.47 Å². The van der Waals surface area contributed by atoms with E-state index in [0.29, 0.717) is 18.5 Å². The summed E-state index contributed by atoms with van der Waals surface area (Å²) in [6.45, 7) is 2.04. The summed E-state index contributed by atoms with van der Waals surface area (Å²) >= 11 is 0. The van der Waals surface area contributed by atoms with Gasteiger partial charge in [0.05, 0.1) is 17.6 Å². The van der Waals surface area contributed by atoms with Crippen molar-refractivity contribution in [2.75, 3.05) is 13.2 Å². The molecule has 3 aromatic rings. The van der Waals surface area contributed by atoms with Crippen LogP contribution in [0.5, 0.6) is 5.75 Å². The van der Waals surface area contributed by atoms with Crippen LogP contribution in [0, 0.1) is 11.3 Å². The zero-order chi connectivity index (χ0) is 20.6. The summed E-state index contributed by atoms with van der Waals surface area (Å²) in [6.07, 6.45) is 0.581. The fraction of sp³-hybridized carbons (Fsp3) is 0.227. The second-order valence-corrected chi connectivity index (χ2v) is 6.24. The van der Waals surface area contributed by atoms with Crippen LogP contribution in [0.2, 0.25) is 0 Å². The van der Waals surface area contributed by atoms with Gasteiger partial charge in [0, 0.05) is 6.42 Å². The molecule has 2 N–H and O–H groups in total. The molecular formula is C22H21N3O4. The van der Waals surface area contributed by atoms with E-state index in [9.17, 15) is 15.2 Å². The van der Waals surface area contributed by atoms with Crippen molar-refractivity contribution in [2.24, 2.45) is 0 Å². The number of nitrogens with zero attached hydrogens (tertiary/aromatic N) is 2. The number of nitrogens with one attached hydrogen (secondary N) is 1. The Labute approximate surface area is 168 Å². The zero-order valence-electron chi connectivity index (χ0n) is 16.0. The predicted molar refractivity (Wildman–Crippen MR) is 108 cm³/mol. The number of aliphatic hydroxyl groups is 1. The first kappa shape index (κ1) is 20.0. The number of aliphatic hydroxyl groups excluding tert-OH is 1. The van der Waals surface area contributed by atoms with E-state index in [0.717, 1.165) is 16.8 Å². The minimum absolute atomic E-state index is 0.0595. The molecular weight excluding hydrogens is 370 g/mol. The lowest BCUT2D eigenvalue weighted by molar-refractivity contribution is -0.143. The molecule has 1 aromatic heterocycles. The van der Waals surface area contributed by atoms with Gasteiger partial charge < -0.3 is 19.6 Å². The van der Waals surface area contributed by atoms with Gasteiger partial charge in [0.1, 0.15) is 24.0 Å². The Morgan fingerprint density at radius 3 is 2.72 bits per heavy atom. The normalized spacial score (nSPS) is 11.6. The average Bonchev–Trinajstić information content (AvgIpc) is 3.16. The maximum atomic E-state index is 12.1. The lowest BCUT2D eigenvalue weighted by Crippen LogP contribution is -2.10. The number of allylic oxidation sites excluding steroid dienone is 1. The monoisotopic (exact) mass is 391 g/mol. The van der Waals surface area contributed by atoms with Gasteiger partial charge in [-0.25, -0.2) is 4.98 Å². The molecule has 7 nitrogen and oxygen atoms in total. The number of aryl methyl sites for hydroxylation is 1. The number of H-pyrrole nitrogens is 1. The van der Waals surface area contributed by atoms with Gasteiger partial charge in [0.2, 0.25) is 0 Å². The predicted octanol–water partition coefficient (Wildman–Crippen LogP) is 3.93. The van der Waals surface area contributed by atoms with Crippen LogP contribution < -0.4 is 4.74 Å². The van der Waals surface area contributed by atoms with Crippen LogP contribution in [-0.2, 0) is 16.0 Å². The van der Waals surface area contributed by atoms with Crippen LogP contribution in [0.15, 0.2) is 54.3 Å². The number of hydrogen-bond donors (Lipinski definition) is 2. The Hall–Kier alpha value is -3.79. The van der Waals surface area contributed by atoms with Gasteiger partial charge in [-0.3, -0.25) is 4.79 Å². The largest absolute Gasteiger partial charge is 0.507 e. The van der Waals surface area contributed by atoms with Crippen LogP contribution in [0.1, 0.15) is 24.7 Å². The number of carbonyl (C=O) groups is 1. The SMILES string of the molecule is CCOc1ccccc1CCC(=O)OC/C(O)=C(\C#N)c1nc2ccccc2[nH]1. The molecule has 3 rings (SSSR count). The number of benzene rings is 2. The highest BCUT2D eigenvalue weighted by atomic mass is 16.5. The topological polar surface area (TPSA) is 108 Å². The first-order chi connectivity index (χ1) is 14.1. The Morgan fingerprint density at radius 2 is 1.97 bits per heavy atom. The van der Waals surface area contributed by atoms with Gasteiger partial charge in [-0.1, -0.05) is 30.3 Å². The van der Waals surface area contributed by atoms with E-state index in [-0.39, 0.29) is 23.6 Å². The summed E-state index contributed by atoms with van der Waals surface area (Å²) in [5.41, 5.74) is 2.27. The Bertz CT molecular complexity index is 1050. The molecule has 0 aliphatic rings. The Morgan fingerprint density at radius 1 is 1.21 bits per heavy atom. The third-order valence-electron chi connectivity index (χ3n) is 4.27. The van der Waals surface area contributed by atoms with E-state index in [2.05, 4.69) is 9.97 Å². The quantitative estimate of drug-likeness (QED) is 0.342. The fourth-order valence-corrected chi connectivity index (χ4v) is 2.86. The first-order valence-electron chi connectivity index (χ1n) is 9.26. The van der Waals surface area contributed by atoms with Gasteiger partial charge in [-0.15, -0.1) is 0 Å². The van der Waals surface area contributed by atoms with Gasteiger partial charge in [-0.2, -0.15) is 5.26 Å². The average molecular weight is 391 g/mol. The van der Waals surface area contributed by atoms with Crippen molar-refractivity contribution in [2.45, 2.75) is 19.8 Å². The summed E-state index contributed by atoms with van der Waals surface area (Å²) in [5, 5.41) is 19.6. The minimum Gasteiger partial charge on any atom is -0.507 e. The molecule has 0 unspecified atom stereocenters. The molecule has 2 aromatic carbocycles. The van der Waals surface area contributed by atoms with Crippen LogP contribution in [0.25, 0.3) is 16.6 Å². The number of aromatic amines is 1. The fourth-order valence-electron chi connectivity index (χ4n) is 2.86. The van der Waals surface area contributed by atoms with Crippen molar-refractivity contribution >= 4 is 22.6 Å². The molecule has 0 saturated carbocycles. The number of fused-ring (bicyclic) bond motifs is 1. The highest BCUT2D eigenvalue weighted by molar-refractivity contribution is 5.83. The van der Waals surface area contributed by atoms with Crippen molar-refractivity contribution in [3.05, 3.63) is 65.7 Å². The van der Waals surface area contributed by atoms with Crippen molar-refractivity contribution in [3.8, 4) is 11.8 Å². The minimum atomic E-state index is -0.482. The molecule has 148 valence electrons. The highest BCUT2D eigenvalue weighted by Gasteiger charge is 2.15. The van der Waals surface area contributed by atoms with Gasteiger partial charge in [0.25, 0.3) is 0 Å². The van der Waals surface area contributed by atoms with E-state index in [1.165, 1.54) is 0 Å². The van der Waals surface area contributed by atoms with E-state index in [1.54, 1.807) is 6.07 Å². The lowest BCUT2D eigenvalue weighted by Gasteiger charge is -2.10. The Balaban J connectivity index is 1.62. The third-order valence-corrected chi connectivity index (χ3v) is 4.27. The van der Waals surface area contributed by atoms with Gasteiger partial charge in [0.15, 0.2) is 11.6 Å². The Kier molecular flexibility index (Phi) is 6.48. The number of rotatable bonds is 8. The van der Waals surface area contributed by atoms with Crippen LogP contribution in [0.3, 0.4) is 0 Å². The van der Waals surface area contributed by atoms with E-state index in [1.807, 2.05) is 55.5 Å². The summed E-state index contributed by atoms with van der Waals surface area (Å²) < 4.78 is 10.7. The van der Waals surface area contributed by atoms with Crippen LogP contribution in [0.4, 0.5) is 0 Å². The number of para-hydroxylation sites is 3. The third kappa shape index (κ3) is 4.93. The molecule has 0 fully saturated rings. The highest BCUT2D eigenvalue weighted by Crippen LogP contribution is 2.21. The standard InChI is InChI=1S/C22H21N3O4/c1-2-28-20-10-6-3-7-15(20)11-12-21(27)29-14-19(26)16(13-23)22-24-17-8-4-5-9-18(17)25-22/h3-10,26H,2,11-12,14H2,1H3,(H,24,25)/b19-16-. The van der Waals surface area contributed by atoms with E-state index >= 15 is 0 Å². The molecule has 1 heterocycles. The number of carbonyl (C=O) groups excluding carboxylic acids is 1. The molecule has 29 heavy (non-hydrogen) atoms. The molecule has 0 aliphatic heterocycles. The second-order valence-electron chi connectivity index (χ2n) is 6.24. The molecule has 0 radical (unpaired) electrons. The number of ether oxygens (including phenoxy) is 2. The lowest BCUT2D eigenvalue weighted by atomic mass is 10.1. The maximum Gasteiger partial charge on any atom is 0.306 e. The molecule has 7 heteroatoms. The molecule has 0 saturated heterocycles. The molecule has 0 aliphatic carbocycles. The number of nitriles is 1. The number of aromatic nitrogens is 2. The number of esters is 1. The van der Waals surface area contributed by atoms with Crippen molar-refractivity contribution in [1.82, 2.24) is 9.97 Å². The molecule has 0 amide bonds.